The van der Waals surface area contributed by atoms with Crippen LogP contribution in [-0.2, 0) is 37.7 Å². The Balaban J connectivity index is 1.88. The third kappa shape index (κ3) is 8.16. The van der Waals surface area contributed by atoms with E-state index in [9.17, 15) is 19.9 Å². The second kappa shape index (κ2) is 17.0. The van der Waals surface area contributed by atoms with Crippen LogP contribution >= 0.6 is 0 Å². The lowest BCUT2D eigenvalue weighted by molar-refractivity contribution is -0.298. The molecule has 14 heteroatoms. The quantitative estimate of drug-likeness (QED) is 0.123. The van der Waals surface area contributed by atoms with Crippen molar-refractivity contribution in [2.45, 2.75) is 168 Å². The summed E-state index contributed by atoms with van der Waals surface area (Å²) in [4.78, 5) is 34.5. The fourth-order valence-electron chi connectivity index (χ4n) is 9.97. The van der Waals surface area contributed by atoms with Gasteiger partial charge in [0.1, 0.15) is 18.1 Å². The maximum atomic E-state index is 14.0. The van der Waals surface area contributed by atoms with E-state index in [1.807, 2.05) is 41.5 Å². The van der Waals surface area contributed by atoms with Gasteiger partial charge in [-0.2, -0.15) is 0 Å². The number of fused-ring (bicyclic) bond motifs is 1. The Kier molecular flexibility index (Phi) is 14.1. The van der Waals surface area contributed by atoms with Gasteiger partial charge < -0.3 is 43.3 Å². The van der Waals surface area contributed by atoms with Gasteiger partial charge in [-0.05, 0) is 85.1 Å². The van der Waals surface area contributed by atoms with Gasteiger partial charge in [0.05, 0.1) is 29.8 Å². The Labute approximate surface area is 318 Å². The van der Waals surface area contributed by atoms with Crippen molar-refractivity contribution < 1.29 is 48.0 Å². The van der Waals surface area contributed by atoms with Crippen LogP contribution in [0.3, 0.4) is 0 Å². The van der Waals surface area contributed by atoms with E-state index in [-0.39, 0.29) is 29.8 Å². The van der Waals surface area contributed by atoms with Gasteiger partial charge in [-0.25, -0.2) is 4.99 Å². The summed E-state index contributed by atoms with van der Waals surface area (Å²) in [5.41, 5.74) is -1.58. The molecule has 0 amide bonds. The lowest BCUT2D eigenvalue weighted by atomic mass is 9.65. The predicted octanol–water partition coefficient (Wildman–Crippen LogP) is 5.65. The van der Waals surface area contributed by atoms with Gasteiger partial charge in [-0.3, -0.25) is 9.59 Å². The van der Waals surface area contributed by atoms with Gasteiger partial charge in [0, 0.05) is 36.6 Å². The first-order valence-corrected chi connectivity index (χ1v) is 22.5. The van der Waals surface area contributed by atoms with Crippen molar-refractivity contribution in [3.05, 3.63) is 0 Å². The summed E-state index contributed by atoms with van der Waals surface area (Å²) in [7, 11) is 3.59. The number of esters is 2. The standard InChI is InChI=1S/C39H69N3O10Si/c1-15-27-39(11)29-23(7)30(40-34(41-46)28(29)36(45)51-39)21(5)20-38(10,47-14)33(24(8)31(43)25(9)35(44)49-27)50-37-32(52-53(16-2,17-3)18-4)26(42(12)13)19-22(6)48-37/h21-29,31-33,37,43,46H,15-20H2,1-14H3/b41-34-/t21-,22-,23-,24+,25-,26+,27+,28-,29+,31-,32-,33-,37?,38-,39+/m1/s1. The lowest BCUT2D eigenvalue weighted by Crippen LogP contribution is -2.62. The maximum absolute atomic E-state index is 14.0. The number of aliphatic hydroxyl groups is 1. The van der Waals surface area contributed by atoms with Crippen molar-refractivity contribution in [3.8, 4) is 0 Å². The lowest BCUT2D eigenvalue weighted by Gasteiger charge is -2.51. The van der Waals surface area contributed by atoms with Crippen LogP contribution in [0.25, 0.3) is 0 Å². The molecule has 2 bridgehead atoms. The molecule has 0 aromatic heterocycles. The van der Waals surface area contributed by atoms with Crippen LogP contribution in [0.4, 0.5) is 0 Å². The van der Waals surface area contributed by atoms with Gasteiger partial charge in [-0.15, -0.1) is 0 Å². The summed E-state index contributed by atoms with van der Waals surface area (Å²) in [6, 6.07) is 2.89. The van der Waals surface area contributed by atoms with Crippen LogP contribution in [-0.4, -0.2) is 122 Å². The number of aliphatic imine (C=N–C) groups is 1. The normalized spacial score (nSPS) is 43.7. The molecular formula is C39H69N3O10Si. The molecule has 0 radical (unpaired) electrons. The van der Waals surface area contributed by atoms with Crippen LogP contribution in [0.15, 0.2) is 10.1 Å². The van der Waals surface area contributed by atoms with Gasteiger partial charge in [0.25, 0.3) is 0 Å². The predicted molar refractivity (Wildman–Crippen MR) is 204 cm³/mol. The fourth-order valence-corrected chi connectivity index (χ4v) is 12.8. The minimum atomic E-state index is -2.15. The molecule has 0 spiro atoms. The zero-order valence-corrected chi connectivity index (χ0v) is 35.8. The number of methoxy groups -OCH3 is 1. The number of nitrogens with zero attached hydrogens (tertiary/aromatic N) is 3. The van der Waals surface area contributed by atoms with Crippen LogP contribution in [0.2, 0.25) is 18.1 Å². The Morgan fingerprint density at radius 3 is 2.15 bits per heavy atom. The summed E-state index contributed by atoms with van der Waals surface area (Å²) < 4.78 is 39.8. The number of ether oxygens (including phenoxy) is 5. The van der Waals surface area contributed by atoms with Gasteiger partial charge in [-0.1, -0.05) is 53.6 Å². The van der Waals surface area contributed by atoms with Crippen molar-refractivity contribution >= 4 is 31.8 Å². The molecule has 3 saturated heterocycles. The van der Waals surface area contributed by atoms with Crippen molar-refractivity contribution in [1.29, 1.82) is 0 Å². The molecular weight excluding hydrogens is 699 g/mol. The molecule has 0 aromatic carbocycles. The Morgan fingerprint density at radius 2 is 1.62 bits per heavy atom. The van der Waals surface area contributed by atoms with E-state index in [1.165, 1.54) is 0 Å². The molecule has 0 saturated carbocycles. The van der Waals surface area contributed by atoms with E-state index < -0.39 is 85.8 Å². The smallest absolute Gasteiger partial charge is 0.317 e. The largest absolute Gasteiger partial charge is 0.458 e. The van der Waals surface area contributed by atoms with E-state index >= 15 is 0 Å². The number of rotatable bonds is 10. The van der Waals surface area contributed by atoms with Crippen LogP contribution in [0, 0.1) is 35.5 Å². The highest BCUT2D eigenvalue weighted by Gasteiger charge is 2.64. The molecule has 4 aliphatic rings. The first-order valence-electron chi connectivity index (χ1n) is 19.9. The van der Waals surface area contributed by atoms with Gasteiger partial charge >= 0.3 is 11.9 Å². The van der Waals surface area contributed by atoms with Gasteiger partial charge in [0.2, 0.25) is 0 Å². The Hall–Kier alpha value is -1.94. The highest BCUT2D eigenvalue weighted by Crippen LogP contribution is 2.51. The summed E-state index contributed by atoms with van der Waals surface area (Å²) >= 11 is 0. The van der Waals surface area contributed by atoms with Crippen LogP contribution < -0.4 is 0 Å². The van der Waals surface area contributed by atoms with Crippen molar-refractivity contribution in [1.82, 2.24) is 4.90 Å². The number of carbonyl (C=O) groups excluding carboxylic acids is 2. The number of hydrogen-bond acceptors (Lipinski definition) is 12. The van der Waals surface area contributed by atoms with Crippen molar-refractivity contribution in [2.24, 2.45) is 45.7 Å². The van der Waals surface area contributed by atoms with Crippen LogP contribution in [0.1, 0.15) is 95.4 Å². The van der Waals surface area contributed by atoms with E-state index in [2.05, 4.69) is 44.9 Å². The summed E-state index contributed by atoms with van der Waals surface area (Å²) in [6.07, 6.45) is -2.65. The van der Waals surface area contributed by atoms with E-state index in [0.717, 1.165) is 24.6 Å². The number of oxime groups is 1. The first kappa shape index (κ1) is 43.8. The van der Waals surface area contributed by atoms with Crippen molar-refractivity contribution in [3.63, 3.8) is 0 Å². The topological polar surface area (TPSA) is 158 Å². The molecule has 13 nitrogen and oxygen atoms in total. The monoisotopic (exact) mass is 767 g/mol. The second-order valence-electron chi connectivity index (χ2n) is 17.0. The van der Waals surface area contributed by atoms with E-state index in [4.69, 9.17) is 33.1 Å². The molecule has 0 aromatic rings. The Morgan fingerprint density at radius 1 is 1.00 bits per heavy atom. The molecule has 4 rings (SSSR count). The van der Waals surface area contributed by atoms with E-state index in [1.54, 1.807) is 21.0 Å². The fraction of sp³-hybridized carbons (Fsp3) is 0.897. The molecule has 2 N–H and O–H groups in total. The average molecular weight is 768 g/mol. The third-order valence-corrected chi connectivity index (χ3v) is 18.2. The minimum absolute atomic E-state index is 0.0128. The SMILES string of the molecule is CC[C@@H]1OC(=O)[C@H](C)[C@H](O)[C@H](C)[C@@H](OC2O[C@H](C)C[C@H](N(C)C)[C@H]2O[Si](CC)(CC)CC)[C@](C)(OC)C[C@@H](C)C2=N/C(=N\O)[C@@H]3C(=O)O[C@]1(C)[C@H]3[C@H]2C. The highest BCUT2D eigenvalue weighted by atomic mass is 28.4. The minimum Gasteiger partial charge on any atom is -0.458 e. The van der Waals surface area contributed by atoms with Crippen LogP contribution in [0.5, 0.6) is 0 Å². The second-order valence-corrected chi connectivity index (χ2v) is 21.7. The summed E-state index contributed by atoms with van der Waals surface area (Å²) in [5.74, 6) is -4.86. The third-order valence-electron chi connectivity index (χ3n) is 13.5. The highest BCUT2D eigenvalue weighted by molar-refractivity contribution is 6.73. The summed E-state index contributed by atoms with van der Waals surface area (Å²) in [5, 5.41) is 25.8. The number of amidine groups is 1. The number of cyclic esters (lactones) is 1. The molecule has 15 atom stereocenters. The van der Waals surface area contributed by atoms with Crippen molar-refractivity contribution in [2.75, 3.05) is 21.2 Å². The zero-order valence-electron chi connectivity index (χ0n) is 34.8. The zero-order chi connectivity index (χ0) is 39.8. The average Bonchev–Trinajstić information content (AvgIpc) is 3.41. The number of hydrogen-bond donors (Lipinski definition) is 2. The number of carbonyl (C=O) groups is 2. The molecule has 0 aliphatic carbocycles. The first-order chi connectivity index (χ1) is 24.8. The maximum Gasteiger partial charge on any atom is 0.317 e. The molecule has 304 valence electrons. The number of aliphatic hydroxyl groups excluding tert-OH is 1. The number of likely N-dealkylation sites (N-methyl/N-ethyl adjacent to an activating group) is 1. The van der Waals surface area contributed by atoms with Gasteiger partial charge in [0.15, 0.2) is 26.0 Å². The molecule has 4 heterocycles. The molecule has 4 aliphatic heterocycles. The molecule has 53 heavy (non-hydrogen) atoms. The Bertz CT molecular complexity index is 1350. The summed E-state index contributed by atoms with van der Waals surface area (Å²) in [6.45, 7) is 21.8. The van der Waals surface area contributed by atoms with E-state index in [0.29, 0.717) is 18.6 Å². The molecule has 3 fully saturated rings. The molecule has 1 unspecified atom stereocenters.